The number of hydrogen-bond donors (Lipinski definition) is 0. The van der Waals surface area contributed by atoms with Crippen molar-refractivity contribution in [1.29, 1.82) is 0 Å². The second kappa shape index (κ2) is 6.83. The molecule has 0 aliphatic heterocycles. The van der Waals surface area contributed by atoms with Gasteiger partial charge in [0.1, 0.15) is 10.0 Å². The van der Waals surface area contributed by atoms with E-state index in [-0.39, 0.29) is 16.6 Å². The summed E-state index contributed by atoms with van der Waals surface area (Å²) in [5.41, 5.74) is 0.856. The fourth-order valence-corrected chi connectivity index (χ4v) is 4.14. The third-order valence-corrected chi connectivity index (χ3v) is 5.63. The van der Waals surface area contributed by atoms with Crippen LogP contribution < -0.4 is 0 Å². The first-order valence-electron chi connectivity index (χ1n) is 6.15. The Morgan fingerprint density at radius 1 is 1.33 bits per heavy atom. The highest BCUT2D eigenvalue weighted by molar-refractivity contribution is 9.10. The Bertz CT molecular complexity index is 725. The lowest BCUT2D eigenvalue weighted by molar-refractivity contribution is 0.423. The van der Waals surface area contributed by atoms with Crippen LogP contribution in [-0.2, 0) is 16.6 Å². The molecule has 2 heterocycles. The molecular formula is C13H13BrClN3O2S. The molecule has 0 bridgehead atoms. The summed E-state index contributed by atoms with van der Waals surface area (Å²) in [6.45, 7) is 2.36. The predicted molar refractivity (Wildman–Crippen MR) is 84.5 cm³/mol. The van der Waals surface area contributed by atoms with Gasteiger partial charge in [0.05, 0.1) is 0 Å². The van der Waals surface area contributed by atoms with E-state index in [2.05, 4.69) is 25.9 Å². The number of sulfonamides is 1. The molecule has 0 aliphatic rings. The lowest BCUT2D eigenvalue weighted by Gasteiger charge is -2.21. The van der Waals surface area contributed by atoms with Crippen molar-refractivity contribution >= 4 is 37.6 Å². The van der Waals surface area contributed by atoms with E-state index in [1.165, 1.54) is 16.6 Å². The molecule has 0 fully saturated rings. The van der Waals surface area contributed by atoms with Crippen LogP contribution in [0.1, 0.15) is 12.5 Å². The van der Waals surface area contributed by atoms with E-state index in [0.717, 1.165) is 5.56 Å². The Morgan fingerprint density at radius 3 is 2.62 bits per heavy atom. The molecule has 0 spiro atoms. The van der Waals surface area contributed by atoms with E-state index in [0.29, 0.717) is 11.0 Å². The molecule has 112 valence electrons. The fourth-order valence-electron chi connectivity index (χ4n) is 1.78. The molecule has 8 heteroatoms. The summed E-state index contributed by atoms with van der Waals surface area (Å²) in [7, 11) is -3.71. The minimum atomic E-state index is -3.71. The normalized spacial score (nSPS) is 11.8. The molecule has 0 atom stereocenters. The Labute approximate surface area is 137 Å². The van der Waals surface area contributed by atoms with Crippen LogP contribution in [0, 0.1) is 0 Å². The van der Waals surface area contributed by atoms with Crippen molar-refractivity contribution in [2.45, 2.75) is 18.4 Å². The first-order valence-corrected chi connectivity index (χ1v) is 8.76. The number of rotatable bonds is 5. The topological polar surface area (TPSA) is 63.2 Å². The fraction of sp³-hybridized carbons (Fsp3) is 0.231. The summed E-state index contributed by atoms with van der Waals surface area (Å²) in [4.78, 5) is 7.79. The first-order chi connectivity index (χ1) is 9.95. The first kappa shape index (κ1) is 16.4. The highest BCUT2D eigenvalue weighted by Crippen LogP contribution is 2.26. The van der Waals surface area contributed by atoms with E-state index >= 15 is 0 Å². The summed E-state index contributed by atoms with van der Waals surface area (Å²) < 4.78 is 27.3. The van der Waals surface area contributed by atoms with Gasteiger partial charge >= 0.3 is 0 Å². The number of aromatic nitrogens is 2. The second-order valence-corrected chi connectivity index (χ2v) is 7.41. The SMILES string of the molecule is CCN(Cc1ccncc1)S(=O)(=O)c1cc(Br)cnc1Cl. The van der Waals surface area contributed by atoms with Crippen molar-refractivity contribution in [1.82, 2.24) is 14.3 Å². The molecule has 21 heavy (non-hydrogen) atoms. The summed E-state index contributed by atoms with van der Waals surface area (Å²) in [5.74, 6) is 0. The average molecular weight is 391 g/mol. The summed E-state index contributed by atoms with van der Waals surface area (Å²) in [6.07, 6.45) is 4.72. The van der Waals surface area contributed by atoms with Crippen LogP contribution in [0.25, 0.3) is 0 Å². The maximum atomic E-state index is 12.7. The van der Waals surface area contributed by atoms with Gasteiger partial charge in [-0.15, -0.1) is 0 Å². The molecule has 2 aromatic rings. The van der Waals surface area contributed by atoms with Gasteiger partial charge in [0.15, 0.2) is 0 Å². The number of pyridine rings is 2. The Kier molecular flexibility index (Phi) is 5.32. The minimum absolute atomic E-state index is 0.00514. The van der Waals surface area contributed by atoms with Crippen molar-refractivity contribution < 1.29 is 8.42 Å². The van der Waals surface area contributed by atoms with Crippen LogP contribution >= 0.6 is 27.5 Å². The third-order valence-electron chi connectivity index (χ3n) is 2.85. The van der Waals surface area contributed by atoms with Crippen LogP contribution in [0.3, 0.4) is 0 Å². The van der Waals surface area contributed by atoms with Gasteiger partial charge in [0.2, 0.25) is 10.0 Å². The molecule has 0 radical (unpaired) electrons. The molecule has 0 aromatic carbocycles. The zero-order valence-electron chi connectivity index (χ0n) is 11.2. The Hall–Kier alpha value is -1.02. The van der Waals surface area contributed by atoms with Gasteiger partial charge in [-0.05, 0) is 39.7 Å². The molecule has 2 aromatic heterocycles. The molecule has 0 saturated carbocycles. The van der Waals surface area contributed by atoms with E-state index in [1.54, 1.807) is 31.5 Å². The number of nitrogens with zero attached hydrogens (tertiary/aromatic N) is 3. The van der Waals surface area contributed by atoms with Crippen LogP contribution in [0.2, 0.25) is 5.15 Å². The van der Waals surface area contributed by atoms with Gasteiger partial charge in [-0.25, -0.2) is 13.4 Å². The van der Waals surface area contributed by atoms with Crippen LogP contribution in [0.5, 0.6) is 0 Å². The van der Waals surface area contributed by atoms with Crippen molar-refractivity contribution in [3.8, 4) is 0 Å². The van der Waals surface area contributed by atoms with E-state index in [1.807, 2.05) is 0 Å². The van der Waals surface area contributed by atoms with Crippen LogP contribution in [0.15, 0.2) is 46.2 Å². The molecule has 0 N–H and O–H groups in total. The summed E-state index contributed by atoms with van der Waals surface area (Å²) in [6, 6.07) is 5.01. The lowest BCUT2D eigenvalue weighted by atomic mass is 10.3. The van der Waals surface area contributed by atoms with Crippen LogP contribution in [-0.4, -0.2) is 29.2 Å². The smallest absolute Gasteiger partial charge is 0.246 e. The molecule has 0 amide bonds. The molecule has 0 saturated heterocycles. The molecule has 2 rings (SSSR count). The van der Waals surface area contributed by atoms with Gasteiger partial charge in [-0.1, -0.05) is 18.5 Å². The maximum Gasteiger partial charge on any atom is 0.246 e. The second-order valence-electron chi connectivity index (χ2n) is 4.23. The maximum absolute atomic E-state index is 12.7. The van der Waals surface area contributed by atoms with Crippen molar-refractivity contribution in [3.05, 3.63) is 52.0 Å². The molecule has 0 aliphatic carbocycles. The van der Waals surface area contributed by atoms with E-state index in [4.69, 9.17) is 11.6 Å². The van der Waals surface area contributed by atoms with Crippen molar-refractivity contribution in [2.24, 2.45) is 0 Å². The minimum Gasteiger partial charge on any atom is -0.265 e. The number of hydrogen-bond acceptors (Lipinski definition) is 4. The standard InChI is InChI=1S/C13H13BrClN3O2S/c1-2-18(9-10-3-5-16-6-4-10)21(19,20)12-7-11(14)8-17-13(12)15/h3-8H,2,9H2,1H3. The highest BCUT2D eigenvalue weighted by Gasteiger charge is 2.26. The quantitative estimate of drug-likeness (QED) is 0.736. The monoisotopic (exact) mass is 389 g/mol. The zero-order valence-corrected chi connectivity index (χ0v) is 14.4. The van der Waals surface area contributed by atoms with Crippen molar-refractivity contribution in [2.75, 3.05) is 6.54 Å². The van der Waals surface area contributed by atoms with Gasteiger partial charge in [-0.3, -0.25) is 4.98 Å². The summed E-state index contributed by atoms with van der Waals surface area (Å²) >= 11 is 9.15. The number of halogens is 2. The average Bonchev–Trinajstić information content (AvgIpc) is 2.48. The molecule has 0 unspecified atom stereocenters. The Morgan fingerprint density at radius 2 is 2.00 bits per heavy atom. The van der Waals surface area contributed by atoms with Gasteiger partial charge in [0.25, 0.3) is 0 Å². The largest absolute Gasteiger partial charge is 0.265 e. The molecular weight excluding hydrogens is 378 g/mol. The van der Waals surface area contributed by atoms with Gasteiger partial charge in [-0.2, -0.15) is 4.31 Å². The van der Waals surface area contributed by atoms with E-state index < -0.39 is 10.0 Å². The predicted octanol–water partition coefficient (Wildman–Crippen LogP) is 3.10. The highest BCUT2D eigenvalue weighted by atomic mass is 79.9. The molecule has 5 nitrogen and oxygen atoms in total. The summed E-state index contributed by atoms with van der Waals surface area (Å²) in [5, 5.41) is -0.0358. The van der Waals surface area contributed by atoms with Gasteiger partial charge in [0, 0.05) is 36.2 Å². The van der Waals surface area contributed by atoms with E-state index in [9.17, 15) is 8.42 Å². The van der Waals surface area contributed by atoms with Crippen molar-refractivity contribution in [3.63, 3.8) is 0 Å². The third kappa shape index (κ3) is 3.79. The lowest BCUT2D eigenvalue weighted by Crippen LogP contribution is -2.30. The van der Waals surface area contributed by atoms with Gasteiger partial charge < -0.3 is 0 Å². The van der Waals surface area contributed by atoms with Crippen LogP contribution in [0.4, 0.5) is 0 Å². The Balaban J connectivity index is 2.38. The zero-order chi connectivity index (χ0) is 15.5.